The van der Waals surface area contributed by atoms with E-state index in [1.807, 2.05) is 26.0 Å². The van der Waals surface area contributed by atoms with Crippen molar-refractivity contribution in [2.24, 2.45) is 0 Å². The molecule has 0 amide bonds. The van der Waals surface area contributed by atoms with E-state index < -0.39 is 28.5 Å². The van der Waals surface area contributed by atoms with Crippen LogP contribution in [0.25, 0.3) is 0 Å². The molecule has 0 radical (unpaired) electrons. The van der Waals surface area contributed by atoms with Crippen molar-refractivity contribution in [1.82, 2.24) is 0 Å². The highest BCUT2D eigenvalue weighted by Gasteiger charge is 2.21. The Hall–Kier alpha value is -4.03. The molecular weight excluding hydrogens is 540 g/mol. The van der Waals surface area contributed by atoms with Crippen molar-refractivity contribution >= 4 is 51.3 Å². The average Bonchev–Trinajstić information content (AvgIpc) is 2.92. The van der Waals surface area contributed by atoms with Gasteiger partial charge in [-0.2, -0.15) is 0 Å². The molecule has 0 aliphatic carbocycles. The maximum absolute atomic E-state index is 12.6. The minimum absolute atomic E-state index is 0.0244. The summed E-state index contributed by atoms with van der Waals surface area (Å²) in [5.41, 5.74) is 3.24. The molecule has 0 saturated carbocycles. The SMILES string of the molecule is COC(=O)c1cc(Oc2ccc(N(c3ccc(C)cc3)S(=O)[O-])cc2)ccc1N(c1ccc(C)cc1)S(=O)[O-]. The Bertz CT molecular complexity index is 1510. The maximum Gasteiger partial charge on any atom is 0.340 e. The third kappa shape index (κ3) is 6.52. The molecule has 0 heterocycles. The molecule has 0 aliphatic heterocycles. The van der Waals surface area contributed by atoms with E-state index in [4.69, 9.17) is 9.47 Å². The number of anilines is 4. The van der Waals surface area contributed by atoms with Crippen LogP contribution in [0.3, 0.4) is 0 Å². The van der Waals surface area contributed by atoms with E-state index in [1.165, 1.54) is 25.3 Å². The molecule has 202 valence electrons. The molecule has 0 bridgehead atoms. The van der Waals surface area contributed by atoms with E-state index in [2.05, 4.69) is 0 Å². The van der Waals surface area contributed by atoms with Gasteiger partial charge in [0.1, 0.15) is 11.5 Å². The number of benzene rings is 4. The molecule has 2 atom stereocenters. The fraction of sp³-hybridized carbons (Fsp3) is 0.107. The van der Waals surface area contributed by atoms with Crippen LogP contribution < -0.4 is 13.3 Å². The van der Waals surface area contributed by atoms with Gasteiger partial charge in [0, 0.05) is 0 Å². The molecule has 11 heteroatoms. The van der Waals surface area contributed by atoms with E-state index >= 15 is 0 Å². The van der Waals surface area contributed by atoms with Gasteiger partial charge in [-0.15, -0.1) is 0 Å². The molecule has 0 saturated heterocycles. The van der Waals surface area contributed by atoms with Crippen LogP contribution in [0.15, 0.2) is 91.0 Å². The minimum atomic E-state index is -2.73. The maximum atomic E-state index is 12.6. The van der Waals surface area contributed by atoms with Crippen molar-refractivity contribution in [2.45, 2.75) is 13.8 Å². The van der Waals surface area contributed by atoms with Crippen molar-refractivity contribution in [3.8, 4) is 11.5 Å². The molecule has 4 rings (SSSR count). The van der Waals surface area contributed by atoms with Crippen LogP contribution in [0.1, 0.15) is 21.5 Å². The number of carbonyl (C=O) groups excluding carboxylic acids is 1. The van der Waals surface area contributed by atoms with E-state index in [-0.39, 0.29) is 17.0 Å². The van der Waals surface area contributed by atoms with Crippen LogP contribution in [0.4, 0.5) is 22.7 Å². The van der Waals surface area contributed by atoms with Gasteiger partial charge in [-0.3, -0.25) is 17.0 Å². The van der Waals surface area contributed by atoms with Crippen molar-refractivity contribution in [3.05, 3.63) is 108 Å². The standard InChI is InChI=1S/C28H26N2O7S2/c1-19-4-8-21(9-5-19)29(38(32)33)22-12-14-24(15-13-22)37-25-16-17-27(26(18-25)28(31)36-3)30(39(34)35)23-10-6-20(2)7-11-23/h4-18H,1-3H3,(H,32,33)(H,34,35)/p-2. The molecular formula is C28H24N2O7S2-2. The van der Waals surface area contributed by atoms with Crippen LogP contribution in [-0.2, 0) is 27.3 Å². The highest BCUT2D eigenvalue weighted by Crippen LogP contribution is 2.35. The summed E-state index contributed by atoms with van der Waals surface area (Å²) in [4.78, 5) is 12.6. The second kappa shape index (κ2) is 12.2. The van der Waals surface area contributed by atoms with Gasteiger partial charge in [-0.05, 0) is 80.6 Å². The Morgan fingerprint density at radius 3 is 1.56 bits per heavy atom. The number of ether oxygens (including phenoxy) is 2. The Morgan fingerprint density at radius 2 is 1.10 bits per heavy atom. The first-order valence-corrected chi connectivity index (χ1v) is 13.7. The number of aryl methyl sites for hydroxylation is 2. The zero-order valence-electron chi connectivity index (χ0n) is 21.2. The molecule has 0 N–H and O–H groups in total. The van der Waals surface area contributed by atoms with Gasteiger partial charge in [-0.25, -0.2) is 4.79 Å². The number of rotatable bonds is 9. The molecule has 0 spiro atoms. The third-order valence-corrected chi connectivity index (χ3v) is 7.16. The first-order valence-electron chi connectivity index (χ1n) is 11.6. The molecule has 4 aromatic carbocycles. The van der Waals surface area contributed by atoms with Gasteiger partial charge >= 0.3 is 5.97 Å². The van der Waals surface area contributed by atoms with Gasteiger partial charge < -0.3 is 18.6 Å². The zero-order chi connectivity index (χ0) is 28.1. The number of nitrogens with zero attached hydrogens (tertiary/aromatic N) is 2. The molecule has 0 fully saturated rings. The summed E-state index contributed by atoms with van der Waals surface area (Å²) in [6.45, 7) is 3.79. The normalized spacial score (nSPS) is 12.3. The fourth-order valence-corrected chi connectivity index (χ4v) is 5.00. The Balaban J connectivity index is 1.64. The van der Waals surface area contributed by atoms with Gasteiger partial charge in [0.15, 0.2) is 0 Å². The summed E-state index contributed by atoms with van der Waals surface area (Å²) < 4.78 is 61.2. The molecule has 0 aromatic heterocycles. The van der Waals surface area contributed by atoms with Crippen LogP contribution in [-0.4, -0.2) is 30.6 Å². The predicted octanol–water partition coefficient (Wildman–Crippen LogP) is 5.75. The quantitative estimate of drug-likeness (QED) is 0.187. The van der Waals surface area contributed by atoms with E-state index in [9.17, 15) is 22.3 Å². The second-order valence-corrected chi connectivity index (χ2v) is 10.1. The van der Waals surface area contributed by atoms with Gasteiger partial charge in [0.05, 0.1) is 58.0 Å². The summed E-state index contributed by atoms with van der Waals surface area (Å²) in [6.07, 6.45) is 0. The number of hydrogen-bond donors (Lipinski definition) is 0. The summed E-state index contributed by atoms with van der Waals surface area (Å²) in [5.74, 6) is -0.138. The average molecular weight is 565 g/mol. The van der Waals surface area contributed by atoms with E-state index in [1.54, 1.807) is 60.7 Å². The number of carbonyl (C=O) groups is 1. The second-order valence-electron chi connectivity index (χ2n) is 8.46. The lowest BCUT2D eigenvalue weighted by Gasteiger charge is -2.28. The summed E-state index contributed by atoms with van der Waals surface area (Å²) >= 11 is -5.29. The molecule has 39 heavy (non-hydrogen) atoms. The predicted molar refractivity (Wildman–Crippen MR) is 149 cm³/mol. The fourth-order valence-electron chi connectivity index (χ4n) is 3.80. The highest BCUT2D eigenvalue weighted by atomic mass is 32.2. The van der Waals surface area contributed by atoms with Crippen LogP contribution in [0.2, 0.25) is 0 Å². The molecule has 9 nitrogen and oxygen atoms in total. The van der Waals surface area contributed by atoms with Crippen LogP contribution in [0.5, 0.6) is 11.5 Å². The highest BCUT2D eigenvalue weighted by molar-refractivity contribution is 7.81. The lowest BCUT2D eigenvalue weighted by molar-refractivity contribution is 0.0601. The van der Waals surface area contributed by atoms with Gasteiger partial charge in [0.25, 0.3) is 0 Å². The largest absolute Gasteiger partial charge is 0.755 e. The van der Waals surface area contributed by atoms with Crippen molar-refractivity contribution in [1.29, 1.82) is 0 Å². The lowest BCUT2D eigenvalue weighted by Crippen LogP contribution is -2.22. The van der Waals surface area contributed by atoms with Crippen LogP contribution in [0, 0.1) is 13.8 Å². The van der Waals surface area contributed by atoms with Crippen molar-refractivity contribution < 1.29 is 31.8 Å². The zero-order valence-corrected chi connectivity index (χ0v) is 22.9. The van der Waals surface area contributed by atoms with Gasteiger partial charge in [0.2, 0.25) is 0 Å². The summed E-state index contributed by atoms with van der Waals surface area (Å²) in [6, 6.07) is 24.5. The first kappa shape index (κ1) is 28.0. The Kier molecular flexibility index (Phi) is 8.77. The summed E-state index contributed by atoms with van der Waals surface area (Å²) in [7, 11) is 1.20. The topological polar surface area (TPSA) is 122 Å². The number of methoxy groups -OCH3 is 1. The molecule has 2 unspecified atom stereocenters. The minimum Gasteiger partial charge on any atom is -0.755 e. The third-order valence-electron chi connectivity index (χ3n) is 5.73. The number of esters is 1. The molecule has 4 aromatic rings. The van der Waals surface area contributed by atoms with Crippen molar-refractivity contribution in [3.63, 3.8) is 0 Å². The Labute approximate surface area is 231 Å². The summed E-state index contributed by atoms with van der Waals surface area (Å²) in [5, 5.41) is 0. The van der Waals surface area contributed by atoms with E-state index in [0.717, 1.165) is 19.7 Å². The Morgan fingerprint density at radius 1 is 0.667 bits per heavy atom. The lowest BCUT2D eigenvalue weighted by atomic mass is 10.1. The smallest absolute Gasteiger partial charge is 0.340 e. The van der Waals surface area contributed by atoms with Crippen LogP contribution >= 0.6 is 0 Å². The van der Waals surface area contributed by atoms with Crippen molar-refractivity contribution in [2.75, 3.05) is 15.7 Å². The number of hydrogen-bond acceptors (Lipinski definition) is 7. The molecule has 0 aliphatic rings. The monoisotopic (exact) mass is 564 g/mol. The van der Waals surface area contributed by atoms with E-state index in [0.29, 0.717) is 22.8 Å². The first-order chi connectivity index (χ1) is 18.7. The van der Waals surface area contributed by atoms with Gasteiger partial charge in [-0.1, -0.05) is 35.4 Å².